The molecular formula is C20H23FN2O3. The molecule has 0 fully saturated rings. The first-order chi connectivity index (χ1) is 12.3. The number of carbonyl (C=O) groups excluding carboxylic acids is 2. The van der Waals surface area contributed by atoms with E-state index in [0.717, 1.165) is 0 Å². The van der Waals surface area contributed by atoms with Crippen LogP contribution < -0.4 is 10.1 Å². The molecule has 0 saturated heterocycles. The van der Waals surface area contributed by atoms with E-state index in [4.69, 9.17) is 4.74 Å². The molecule has 2 rings (SSSR count). The lowest BCUT2D eigenvalue weighted by Crippen LogP contribution is -2.37. The van der Waals surface area contributed by atoms with Gasteiger partial charge in [-0.2, -0.15) is 0 Å². The number of benzene rings is 2. The van der Waals surface area contributed by atoms with E-state index in [2.05, 4.69) is 5.32 Å². The van der Waals surface area contributed by atoms with E-state index in [0.29, 0.717) is 16.9 Å². The summed E-state index contributed by atoms with van der Waals surface area (Å²) >= 11 is 0. The summed E-state index contributed by atoms with van der Waals surface area (Å²) in [5.74, 6) is -0.264. The van der Waals surface area contributed by atoms with Gasteiger partial charge in [0.25, 0.3) is 5.91 Å². The van der Waals surface area contributed by atoms with Crippen molar-refractivity contribution in [3.8, 4) is 5.75 Å². The van der Waals surface area contributed by atoms with Crippen LogP contribution in [0.5, 0.6) is 5.75 Å². The van der Waals surface area contributed by atoms with E-state index in [1.165, 1.54) is 17.0 Å². The summed E-state index contributed by atoms with van der Waals surface area (Å²) in [7, 11) is 1.61. The smallest absolute Gasteiger partial charge is 0.251 e. The highest BCUT2D eigenvalue weighted by Crippen LogP contribution is 2.13. The second kappa shape index (κ2) is 8.99. The Kier molecular flexibility index (Phi) is 6.72. The summed E-state index contributed by atoms with van der Waals surface area (Å²) in [5, 5.41) is 2.59. The number of amides is 2. The van der Waals surface area contributed by atoms with Gasteiger partial charge in [0.15, 0.2) is 0 Å². The van der Waals surface area contributed by atoms with Gasteiger partial charge in [-0.1, -0.05) is 12.1 Å². The first kappa shape index (κ1) is 19.4. The molecule has 0 aromatic heterocycles. The first-order valence-corrected chi connectivity index (χ1v) is 8.38. The number of rotatable bonds is 7. The molecule has 26 heavy (non-hydrogen) atoms. The highest BCUT2D eigenvalue weighted by molar-refractivity contribution is 5.96. The fourth-order valence-electron chi connectivity index (χ4n) is 2.35. The van der Waals surface area contributed by atoms with Gasteiger partial charge >= 0.3 is 0 Å². The minimum Gasteiger partial charge on any atom is -0.491 e. The van der Waals surface area contributed by atoms with Crippen LogP contribution in [0.4, 0.5) is 4.39 Å². The van der Waals surface area contributed by atoms with Crippen LogP contribution in [0.3, 0.4) is 0 Å². The largest absolute Gasteiger partial charge is 0.491 e. The monoisotopic (exact) mass is 358 g/mol. The van der Waals surface area contributed by atoms with Gasteiger partial charge in [0.1, 0.15) is 11.6 Å². The molecule has 6 heteroatoms. The summed E-state index contributed by atoms with van der Waals surface area (Å²) in [6, 6.07) is 12.8. The first-order valence-electron chi connectivity index (χ1n) is 8.38. The minimum atomic E-state index is -0.346. The van der Waals surface area contributed by atoms with E-state index in [9.17, 15) is 14.0 Å². The van der Waals surface area contributed by atoms with Crippen LogP contribution >= 0.6 is 0 Å². The Morgan fingerprint density at radius 2 is 1.85 bits per heavy atom. The number of carbonyl (C=O) groups is 2. The Balaban J connectivity index is 1.84. The number of likely N-dealkylation sites (N-methyl/N-ethyl adjacent to an activating group) is 1. The Morgan fingerprint density at radius 1 is 1.15 bits per heavy atom. The van der Waals surface area contributed by atoms with Gasteiger partial charge < -0.3 is 15.0 Å². The molecule has 138 valence electrons. The second-order valence-electron chi connectivity index (χ2n) is 6.25. The molecule has 0 spiro atoms. The molecule has 0 saturated carbocycles. The Hall–Kier alpha value is -2.89. The predicted octanol–water partition coefficient (Wildman–Crippen LogP) is 3.00. The standard InChI is InChI=1S/C20H23FN2O3/c1-14(2)26-18-9-7-16(8-10-18)20(25)22-12-19(24)23(3)13-15-5-4-6-17(21)11-15/h4-11,14H,12-13H2,1-3H3,(H,22,25). The normalized spacial score (nSPS) is 10.5. The molecule has 2 aromatic rings. The lowest BCUT2D eigenvalue weighted by Gasteiger charge is -2.17. The number of nitrogens with zero attached hydrogens (tertiary/aromatic N) is 1. The quantitative estimate of drug-likeness (QED) is 0.828. The van der Waals surface area contributed by atoms with Crippen molar-refractivity contribution in [2.45, 2.75) is 26.5 Å². The fourth-order valence-corrected chi connectivity index (χ4v) is 2.35. The number of halogens is 1. The number of nitrogens with one attached hydrogen (secondary N) is 1. The topological polar surface area (TPSA) is 58.6 Å². The van der Waals surface area contributed by atoms with E-state index in [1.54, 1.807) is 43.4 Å². The Bertz CT molecular complexity index is 760. The van der Waals surface area contributed by atoms with Crippen molar-refractivity contribution in [3.63, 3.8) is 0 Å². The number of hydrogen-bond acceptors (Lipinski definition) is 3. The third-order valence-electron chi connectivity index (χ3n) is 3.62. The third kappa shape index (κ3) is 5.88. The average molecular weight is 358 g/mol. The van der Waals surface area contributed by atoms with E-state index < -0.39 is 0 Å². The van der Waals surface area contributed by atoms with Crippen LogP contribution in [0.1, 0.15) is 29.8 Å². The molecule has 0 aliphatic carbocycles. The zero-order valence-electron chi connectivity index (χ0n) is 15.2. The number of hydrogen-bond donors (Lipinski definition) is 1. The lowest BCUT2D eigenvalue weighted by atomic mass is 10.2. The molecule has 2 aromatic carbocycles. The molecule has 1 N–H and O–H groups in total. The van der Waals surface area contributed by atoms with Crippen LogP contribution in [0.15, 0.2) is 48.5 Å². The fraction of sp³-hybridized carbons (Fsp3) is 0.300. The van der Waals surface area contributed by atoms with E-state index >= 15 is 0 Å². The van der Waals surface area contributed by atoms with Gasteiger partial charge in [-0.15, -0.1) is 0 Å². The van der Waals surface area contributed by atoms with Gasteiger partial charge in [-0.3, -0.25) is 9.59 Å². The minimum absolute atomic E-state index is 0.0564. The van der Waals surface area contributed by atoms with Crippen molar-refractivity contribution in [2.75, 3.05) is 13.6 Å². The van der Waals surface area contributed by atoms with Crippen molar-refractivity contribution < 1.29 is 18.7 Å². The molecular weight excluding hydrogens is 335 g/mol. The van der Waals surface area contributed by atoms with Crippen molar-refractivity contribution in [1.82, 2.24) is 10.2 Å². The average Bonchev–Trinajstić information content (AvgIpc) is 2.59. The van der Waals surface area contributed by atoms with Gasteiger partial charge in [0.2, 0.25) is 5.91 Å². The van der Waals surface area contributed by atoms with Crippen molar-refractivity contribution >= 4 is 11.8 Å². The molecule has 5 nitrogen and oxygen atoms in total. The SMILES string of the molecule is CC(C)Oc1ccc(C(=O)NCC(=O)N(C)Cc2cccc(F)c2)cc1. The molecule has 0 bridgehead atoms. The second-order valence-corrected chi connectivity index (χ2v) is 6.25. The van der Waals surface area contributed by atoms with Crippen LogP contribution in [0.2, 0.25) is 0 Å². The highest BCUT2D eigenvalue weighted by Gasteiger charge is 2.12. The Labute approximate surface area is 152 Å². The molecule has 0 aliphatic rings. The molecule has 0 aliphatic heterocycles. The van der Waals surface area contributed by atoms with Crippen LogP contribution in [0.25, 0.3) is 0 Å². The van der Waals surface area contributed by atoms with Gasteiger partial charge in [0, 0.05) is 19.2 Å². The zero-order chi connectivity index (χ0) is 19.1. The molecule has 0 radical (unpaired) electrons. The van der Waals surface area contributed by atoms with Crippen LogP contribution in [-0.4, -0.2) is 36.4 Å². The van der Waals surface area contributed by atoms with Crippen LogP contribution in [0, 0.1) is 5.82 Å². The van der Waals surface area contributed by atoms with Gasteiger partial charge in [-0.25, -0.2) is 4.39 Å². The zero-order valence-corrected chi connectivity index (χ0v) is 15.2. The van der Waals surface area contributed by atoms with Gasteiger partial charge in [0.05, 0.1) is 12.6 Å². The van der Waals surface area contributed by atoms with Crippen molar-refractivity contribution in [3.05, 3.63) is 65.5 Å². The van der Waals surface area contributed by atoms with Crippen LogP contribution in [-0.2, 0) is 11.3 Å². The maximum atomic E-state index is 13.2. The summed E-state index contributed by atoms with van der Waals surface area (Å²) in [5.41, 5.74) is 1.13. The molecule has 2 amide bonds. The molecule has 0 unspecified atom stereocenters. The number of ether oxygens (including phenoxy) is 1. The summed E-state index contributed by atoms with van der Waals surface area (Å²) in [4.78, 5) is 25.7. The van der Waals surface area contributed by atoms with Crippen molar-refractivity contribution in [1.29, 1.82) is 0 Å². The maximum Gasteiger partial charge on any atom is 0.251 e. The van der Waals surface area contributed by atoms with E-state index in [1.807, 2.05) is 13.8 Å². The predicted molar refractivity (Wildman–Crippen MR) is 97.4 cm³/mol. The van der Waals surface area contributed by atoms with E-state index in [-0.39, 0.29) is 36.8 Å². The summed E-state index contributed by atoms with van der Waals surface area (Å²) < 4.78 is 18.7. The maximum absolute atomic E-state index is 13.2. The summed E-state index contributed by atoms with van der Waals surface area (Å²) in [6.07, 6.45) is 0.0564. The molecule has 0 atom stereocenters. The lowest BCUT2D eigenvalue weighted by molar-refractivity contribution is -0.129. The summed E-state index contributed by atoms with van der Waals surface area (Å²) in [6.45, 7) is 3.99. The Morgan fingerprint density at radius 3 is 2.46 bits per heavy atom. The van der Waals surface area contributed by atoms with Crippen molar-refractivity contribution in [2.24, 2.45) is 0 Å². The molecule has 0 heterocycles. The van der Waals surface area contributed by atoms with Gasteiger partial charge in [-0.05, 0) is 55.8 Å². The third-order valence-corrected chi connectivity index (χ3v) is 3.62. The highest BCUT2D eigenvalue weighted by atomic mass is 19.1.